The second-order valence-corrected chi connectivity index (χ2v) is 15.7. The number of hydrogen-bond donors (Lipinski definition) is 3. The van der Waals surface area contributed by atoms with Crippen molar-refractivity contribution in [3.8, 4) is 0 Å². The van der Waals surface area contributed by atoms with Crippen molar-refractivity contribution in [3.05, 3.63) is 35.4 Å². The molecule has 0 spiro atoms. The Kier molecular flexibility index (Phi) is 15.7. The van der Waals surface area contributed by atoms with Crippen LogP contribution < -0.4 is 16.8 Å². The van der Waals surface area contributed by atoms with Crippen LogP contribution in [0.5, 0.6) is 0 Å². The van der Waals surface area contributed by atoms with Gasteiger partial charge in [0.1, 0.15) is 6.17 Å². The first-order valence-electron chi connectivity index (χ1n) is 19.3. The number of alkyl halides is 1. The number of hydrogen-bond acceptors (Lipinski definition) is 8. The number of piperazine rings is 1. The van der Waals surface area contributed by atoms with Gasteiger partial charge in [-0.25, -0.2) is 4.39 Å². The van der Waals surface area contributed by atoms with Crippen LogP contribution in [0.1, 0.15) is 108 Å². The summed E-state index contributed by atoms with van der Waals surface area (Å²) in [4.78, 5) is 38.6. The number of piperidine rings is 1. The van der Waals surface area contributed by atoms with Crippen molar-refractivity contribution in [2.75, 3.05) is 59.0 Å². The Morgan fingerprint density at radius 1 is 1.06 bits per heavy atom. The number of likely N-dealkylation sites (tertiary alicyclic amines) is 1. The number of nitrogens with one attached hydrogen (secondary N) is 1. The quantitative estimate of drug-likeness (QED) is 0.116. The third kappa shape index (κ3) is 11.5. The fraction of sp³-hybridized carbons (Fsp3) is 0.769. The van der Waals surface area contributed by atoms with E-state index >= 15 is 0 Å². The second kappa shape index (κ2) is 19.4. The van der Waals surface area contributed by atoms with Crippen molar-refractivity contribution in [1.82, 2.24) is 20.0 Å². The van der Waals surface area contributed by atoms with Crippen molar-refractivity contribution >= 4 is 18.0 Å². The molecule has 282 valence electrons. The lowest BCUT2D eigenvalue weighted by Crippen LogP contribution is -2.57. The lowest BCUT2D eigenvalue weighted by molar-refractivity contribution is -0.127. The number of carbonyl (C=O) groups excluding carboxylic acids is 2. The summed E-state index contributed by atoms with van der Waals surface area (Å²) < 4.78 is 20.1. The largest absolute Gasteiger partial charge is 0.378 e. The van der Waals surface area contributed by atoms with Crippen molar-refractivity contribution in [2.24, 2.45) is 27.8 Å². The number of benzene rings is 1. The van der Waals surface area contributed by atoms with Gasteiger partial charge in [0.25, 0.3) is 5.91 Å². The minimum Gasteiger partial charge on any atom is -0.378 e. The maximum absolute atomic E-state index is 14.8. The Bertz CT molecular complexity index is 1220. The van der Waals surface area contributed by atoms with Gasteiger partial charge in [-0.15, -0.1) is 0 Å². The first kappa shape index (κ1) is 40.3. The second-order valence-electron chi connectivity index (χ2n) is 15.7. The summed E-state index contributed by atoms with van der Waals surface area (Å²) in [5.41, 5.74) is 14.2. The Labute approximate surface area is 300 Å². The summed E-state index contributed by atoms with van der Waals surface area (Å²) in [6.45, 7) is 17.8. The maximum atomic E-state index is 14.8. The van der Waals surface area contributed by atoms with E-state index in [9.17, 15) is 14.0 Å². The van der Waals surface area contributed by atoms with E-state index < -0.39 is 24.3 Å². The van der Waals surface area contributed by atoms with Crippen LogP contribution in [-0.2, 0) is 9.53 Å². The van der Waals surface area contributed by atoms with E-state index in [0.29, 0.717) is 24.6 Å². The zero-order valence-electron chi connectivity index (χ0n) is 31.5. The molecule has 4 rings (SSSR count). The molecule has 0 bridgehead atoms. The van der Waals surface area contributed by atoms with Crippen LogP contribution in [0.2, 0.25) is 0 Å². The SMILES string of the molecule is CCCCCCN1CCC(c2ccc(C(=O)N3CCN(C4COC4)CC3)cc2)C(NC(=O)C(C(N)N)C(C)N=CC(F)CCC(C)(C)CC)C1. The summed E-state index contributed by atoms with van der Waals surface area (Å²) in [6.07, 6.45) is 6.92. The number of nitrogens with two attached hydrogens (primary N) is 2. The van der Waals surface area contributed by atoms with Gasteiger partial charge < -0.3 is 31.3 Å². The summed E-state index contributed by atoms with van der Waals surface area (Å²) in [5, 5.41) is 3.32. The molecule has 1 aromatic rings. The molecule has 5 unspecified atom stereocenters. The lowest BCUT2D eigenvalue weighted by atomic mass is 9.84. The lowest BCUT2D eigenvalue weighted by Gasteiger charge is -2.42. The number of nitrogens with zero attached hydrogens (tertiary/aromatic N) is 4. The third-order valence-electron chi connectivity index (χ3n) is 11.5. The van der Waals surface area contributed by atoms with Crippen LogP contribution in [0.15, 0.2) is 29.3 Å². The molecule has 3 saturated heterocycles. The molecule has 0 aliphatic carbocycles. The zero-order chi connectivity index (χ0) is 36.3. The number of unbranched alkanes of at least 4 members (excludes halogenated alkanes) is 3. The molecule has 1 aromatic carbocycles. The van der Waals surface area contributed by atoms with Gasteiger partial charge in [0.05, 0.1) is 37.4 Å². The summed E-state index contributed by atoms with van der Waals surface area (Å²) in [5.74, 6) is -0.932. The van der Waals surface area contributed by atoms with Gasteiger partial charge in [-0.2, -0.15) is 0 Å². The molecule has 3 fully saturated rings. The molecule has 0 radical (unpaired) electrons. The van der Waals surface area contributed by atoms with Crippen LogP contribution in [0.4, 0.5) is 4.39 Å². The van der Waals surface area contributed by atoms with Crippen LogP contribution in [0.3, 0.4) is 0 Å². The molecule has 50 heavy (non-hydrogen) atoms. The average molecular weight is 700 g/mol. The molecule has 5 atom stereocenters. The van der Waals surface area contributed by atoms with E-state index in [2.05, 4.69) is 59.9 Å². The first-order chi connectivity index (χ1) is 23.9. The Morgan fingerprint density at radius 2 is 1.76 bits per heavy atom. The van der Waals surface area contributed by atoms with E-state index in [4.69, 9.17) is 16.2 Å². The fourth-order valence-corrected chi connectivity index (χ4v) is 7.41. The molecule has 0 saturated carbocycles. The van der Waals surface area contributed by atoms with Crippen LogP contribution in [0, 0.1) is 11.3 Å². The van der Waals surface area contributed by atoms with Crippen molar-refractivity contribution in [3.63, 3.8) is 0 Å². The van der Waals surface area contributed by atoms with Crippen molar-refractivity contribution < 1.29 is 18.7 Å². The topological polar surface area (TPSA) is 130 Å². The molecule has 11 heteroatoms. The van der Waals surface area contributed by atoms with Crippen LogP contribution >= 0.6 is 0 Å². The van der Waals surface area contributed by atoms with E-state index in [1.54, 1.807) is 6.92 Å². The fourth-order valence-electron chi connectivity index (χ4n) is 7.41. The third-order valence-corrected chi connectivity index (χ3v) is 11.5. The van der Waals surface area contributed by atoms with Gasteiger partial charge in [0.15, 0.2) is 0 Å². The molecule has 10 nitrogen and oxygen atoms in total. The molecule has 0 aromatic heterocycles. The molecular formula is C39H66FN7O3. The van der Waals surface area contributed by atoms with E-state index in [1.807, 2.05) is 17.0 Å². The standard InChI is InChI=1S/C39H66FN7O3/c1-6-8-9-10-18-45-19-16-33(29-11-13-30(14-12-29)38(49)47-22-20-46(21-23-47)32-26-50-27-32)34(25-45)44-37(48)35(36(41)42)28(3)43-24-31(40)15-17-39(4,5)7-2/h11-14,24,28,31-36H,6-10,15-23,25-27,41-42H2,1-5H3,(H,44,48). The first-order valence-corrected chi connectivity index (χ1v) is 19.3. The molecule has 2 amide bonds. The van der Waals surface area contributed by atoms with Crippen LogP contribution in [0.25, 0.3) is 0 Å². The number of halogens is 1. The highest BCUT2D eigenvalue weighted by Gasteiger charge is 2.36. The molecule has 5 N–H and O–H groups in total. The van der Waals surface area contributed by atoms with Gasteiger partial charge in [0.2, 0.25) is 5.91 Å². The summed E-state index contributed by atoms with van der Waals surface area (Å²) >= 11 is 0. The van der Waals surface area contributed by atoms with Gasteiger partial charge >= 0.3 is 0 Å². The highest BCUT2D eigenvalue weighted by molar-refractivity contribution is 5.94. The molecule has 3 aliphatic rings. The minimum atomic E-state index is -1.19. The smallest absolute Gasteiger partial charge is 0.253 e. The predicted octanol–water partition coefficient (Wildman–Crippen LogP) is 4.57. The van der Waals surface area contributed by atoms with Crippen LogP contribution in [-0.4, -0.2) is 122 Å². The average Bonchev–Trinajstić information content (AvgIpc) is 3.08. The minimum absolute atomic E-state index is 0.0618. The highest BCUT2D eigenvalue weighted by Crippen LogP contribution is 2.31. The molecular weight excluding hydrogens is 633 g/mol. The number of carbonyl (C=O) groups is 2. The monoisotopic (exact) mass is 700 g/mol. The number of amides is 2. The number of aliphatic imine (C=N–C) groups is 1. The number of ether oxygens (including phenoxy) is 1. The van der Waals surface area contributed by atoms with Crippen molar-refractivity contribution in [1.29, 1.82) is 0 Å². The van der Waals surface area contributed by atoms with E-state index in [-0.39, 0.29) is 29.2 Å². The van der Waals surface area contributed by atoms with Gasteiger partial charge in [0, 0.05) is 56.5 Å². The van der Waals surface area contributed by atoms with E-state index in [1.165, 1.54) is 25.5 Å². The van der Waals surface area contributed by atoms with Crippen molar-refractivity contribution in [2.45, 2.75) is 122 Å². The van der Waals surface area contributed by atoms with Gasteiger partial charge in [-0.05, 0) is 68.8 Å². The Balaban J connectivity index is 1.42. The molecule has 3 aliphatic heterocycles. The highest BCUT2D eigenvalue weighted by atomic mass is 19.1. The normalized spacial score (nSPS) is 23.2. The maximum Gasteiger partial charge on any atom is 0.253 e. The molecule has 3 heterocycles. The zero-order valence-corrected chi connectivity index (χ0v) is 31.5. The predicted molar refractivity (Wildman–Crippen MR) is 200 cm³/mol. The van der Waals surface area contributed by atoms with Gasteiger partial charge in [-0.3, -0.25) is 19.5 Å². The summed E-state index contributed by atoms with van der Waals surface area (Å²) in [7, 11) is 0. The van der Waals surface area contributed by atoms with Gasteiger partial charge in [-0.1, -0.05) is 65.5 Å². The Morgan fingerprint density at radius 3 is 2.36 bits per heavy atom. The Hall–Kier alpha value is -2.44. The summed E-state index contributed by atoms with van der Waals surface area (Å²) in [6, 6.07) is 7.72. The number of rotatable bonds is 18. The van der Waals surface area contributed by atoms with E-state index in [0.717, 1.165) is 83.7 Å².